The van der Waals surface area contributed by atoms with Crippen LogP contribution < -0.4 is 14.8 Å². The third kappa shape index (κ3) is 2.56. The molecular weight excluding hydrogens is 322 g/mol. The standard InChI is InChI=1S/C14H14BrN3O2/c1-19-13-10(15)8-16-14(18-13)17-11-6-7-20-12-5-3-2-4-9(11)12/h2-5,8,11H,6-7H2,1H3,(H,16,17,18). The molecule has 0 saturated carbocycles. The summed E-state index contributed by atoms with van der Waals surface area (Å²) in [4.78, 5) is 8.59. The predicted octanol–water partition coefficient (Wildman–Crippen LogP) is 3.18. The van der Waals surface area contributed by atoms with Crippen LogP contribution in [0.5, 0.6) is 11.6 Å². The van der Waals surface area contributed by atoms with Crippen LogP contribution in [0.25, 0.3) is 0 Å². The van der Waals surface area contributed by atoms with Gasteiger partial charge < -0.3 is 14.8 Å². The van der Waals surface area contributed by atoms with E-state index in [9.17, 15) is 0 Å². The van der Waals surface area contributed by atoms with Crippen molar-refractivity contribution in [1.29, 1.82) is 0 Å². The first-order valence-electron chi connectivity index (χ1n) is 6.32. The van der Waals surface area contributed by atoms with Gasteiger partial charge >= 0.3 is 0 Å². The van der Waals surface area contributed by atoms with Crippen LogP contribution in [0.4, 0.5) is 5.95 Å². The number of nitrogens with zero attached hydrogens (tertiary/aromatic N) is 2. The number of hydrogen-bond acceptors (Lipinski definition) is 5. The number of aromatic nitrogens is 2. The average molecular weight is 336 g/mol. The van der Waals surface area contributed by atoms with Crippen molar-refractivity contribution in [1.82, 2.24) is 9.97 Å². The number of nitrogens with one attached hydrogen (secondary N) is 1. The molecule has 0 fully saturated rings. The third-order valence-corrected chi connectivity index (χ3v) is 3.71. The second kappa shape index (κ2) is 5.66. The van der Waals surface area contributed by atoms with Gasteiger partial charge in [0.2, 0.25) is 11.8 Å². The molecule has 1 aromatic carbocycles. The Kier molecular flexibility index (Phi) is 3.73. The van der Waals surface area contributed by atoms with Crippen LogP contribution >= 0.6 is 15.9 Å². The summed E-state index contributed by atoms with van der Waals surface area (Å²) in [5, 5.41) is 3.34. The number of halogens is 1. The predicted molar refractivity (Wildman–Crippen MR) is 79.2 cm³/mol. The molecule has 3 rings (SSSR count). The molecule has 1 aromatic heterocycles. The molecule has 0 spiro atoms. The van der Waals surface area contributed by atoms with E-state index < -0.39 is 0 Å². The molecule has 1 unspecified atom stereocenters. The summed E-state index contributed by atoms with van der Waals surface area (Å²) in [7, 11) is 1.58. The van der Waals surface area contributed by atoms with E-state index in [0.717, 1.165) is 22.2 Å². The number of rotatable bonds is 3. The van der Waals surface area contributed by atoms with Gasteiger partial charge in [-0.15, -0.1) is 0 Å². The van der Waals surface area contributed by atoms with E-state index in [1.165, 1.54) is 0 Å². The van der Waals surface area contributed by atoms with Gasteiger partial charge in [-0.1, -0.05) is 18.2 Å². The summed E-state index contributed by atoms with van der Waals surface area (Å²) >= 11 is 3.34. The molecule has 1 atom stereocenters. The molecule has 2 aromatic rings. The number of methoxy groups -OCH3 is 1. The summed E-state index contributed by atoms with van der Waals surface area (Å²) in [6, 6.07) is 8.16. The normalized spacial score (nSPS) is 17.0. The smallest absolute Gasteiger partial charge is 0.232 e. The maximum atomic E-state index is 5.64. The fraction of sp³-hybridized carbons (Fsp3) is 0.286. The minimum Gasteiger partial charge on any atom is -0.493 e. The molecule has 0 saturated heterocycles. The van der Waals surface area contributed by atoms with Crippen LogP contribution in [0.3, 0.4) is 0 Å². The molecule has 20 heavy (non-hydrogen) atoms. The highest BCUT2D eigenvalue weighted by molar-refractivity contribution is 9.10. The molecule has 0 radical (unpaired) electrons. The Labute approximate surface area is 125 Å². The number of ether oxygens (including phenoxy) is 2. The van der Waals surface area contributed by atoms with Crippen LogP contribution in [0, 0.1) is 0 Å². The molecular formula is C14H14BrN3O2. The Morgan fingerprint density at radius 1 is 1.40 bits per heavy atom. The Hall–Kier alpha value is -1.82. The molecule has 6 heteroatoms. The number of para-hydroxylation sites is 1. The zero-order valence-corrected chi connectivity index (χ0v) is 12.6. The number of fused-ring (bicyclic) bond motifs is 1. The van der Waals surface area contributed by atoms with Crippen molar-refractivity contribution >= 4 is 21.9 Å². The maximum absolute atomic E-state index is 5.64. The highest BCUT2D eigenvalue weighted by Crippen LogP contribution is 2.33. The first-order chi connectivity index (χ1) is 9.78. The lowest BCUT2D eigenvalue weighted by molar-refractivity contribution is 0.274. The lowest BCUT2D eigenvalue weighted by Crippen LogP contribution is -2.21. The monoisotopic (exact) mass is 335 g/mol. The molecule has 104 valence electrons. The number of benzene rings is 1. The third-order valence-electron chi connectivity index (χ3n) is 3.17. The van der Waals surface area contributed by atoms with Crippen LogP contribution in [-0.2, 0) is 0 Å². The van der Waals surface area contributed by atoms with Crippen molar-refractivity contribution < 1.29 is 9.47 Å². The van der Waals surface area contributed by atoms with Gasteiger partial charge in [0.05, 0.1) is 30.4 Å². The van der Waals surface area contributed by atoms with Crippen molar-refractivity contribution in [2.24, 2.45) is 0 Å². The van der Waals surface area contributed by atoms with E-state index >= 15 is 0 Å². The van der Waals surface area contributed by atoms with Gasteiger partial charge in [0.25, 0.3) is 0 Å². The van der Waals surface area contributed by atoms with Crippen molar-refractivity contribution in [2.45, 2.75) is 12.5 Å². The first-order valence-corrected chi connectivity index (χ1v) is 7.12. The van der Waals surface area contributed by atoms with Crippen LogP contribution in [0.15, 0.2) is 34.9 Å². The summed E-state index contributed by atoms with van der Waals surface area (Å²) in [6.45, 7) is 0.683. The van der Waals surface area contributed by atoms with Crippen molar-refractivity contribution in [3.63, 3.8) is 0 Å². The van der Waals surface area contributed by atoms with Gasteiger partial charge in [-0.25, -0.2) is 4.98 Å². The highest BCUT2D eigenvalue weighted by Gasteiger charge is 2.21. The molecule has 1 aliphatic rings. The lowest BCUT2D eigenvalue weighted by atomic mass is 10.0. The van der Waals surface area contributed by atoms with Gasteiger partial charge in [0.15, 0.2) is 0 Å². The van der Waals surface area contributed by atoms with Crippen LogP contribution in [0.2, 0.25) is 0 Å². The molecule has 0 amide bonds. The molecule has 0 aliphatic carbocycles. The number of anilines is 1. The zero-order chi connectivity index (χ0) is 13.9. The zero-order valence-electron chi connectivity index (χ0n) is 11.0. The van der Waals surface area contributed by atoms with E-state index in [-0.39, 0.29) is 6.04 Å². The van der Waals surface area contributed by atoms with E-state index in [2.05, 4.69) is 37.3 Å². The Balaban J connectivity index is 1.85. The topological polar surface area (TPSA) is 56.3 Å². The van der Waals surface area contributed by atoms with Crippen molar-refractivity contribution in [2.75, 3.05) is 19.0 Å². The van der Waals surface area contributed by atoms with Gasteiger partial charge in [0.1, 0.15) is 5.75 Å². The van der Waals surface area contributed by atoms with Gasteiger partial charge in [-0.05, 0) is 22.0 Å². The van der Waals surface area contributed by atoms with Gasteiger partial charge in [0, 0.05) is 12.0 Å². The number of hydrogen-bond donors (Lipinski definition) is 1. The summed E-state index contributed by atoms with van der Waals surface area (Å²) in [5.74, 6) is 1.98. The SMILES string of the molecule is COc1nc(NC2CCOc3ccccc32)ncc1Br. The first kappa shape index (κ1) is 13.2. The van der Waals surface area contributed by atoms with Crippen LogP contribution in [0.1, 0.15) is 18.0 Å². The summed E-state index contributed by atoms with van der Waals surface area (Å²) < 4.78 is 11.6. The van der Waals surface area contributed by atoms with Crippen molar-refractivity contribution in [3.8, 4) is 11.6 Å². The second-order valence-electron chi connectivity index (χ2n) is 4.42. The highest BCUT2D eigenvalue weighted by atomic mass is 79.9. The largest absolute Gasteiger partial charge is 0.493 e. The van der Waals surface area contributed by atoms with Crippen LogP contribution in [-0.4, -0.2) is 23.7 Å². The quantitative estimate of drug-likeness (QED) is 0.933. The van der Waals surface area contributed by atoms with E-state index in [1.807, 2.05) is 18.2 Å². The minimum absolute atomic E-state index is 0.144. The molecule has 1 aliphatic heterocycles. The molecule has 5 nitrogen and oxygen atoms in total. The minimum atomic E-state index is 0.144. The summed E-state index contributed by atoms with van der Waals surface area (Å²) in [6.07, 6.45) is 2.55. The second-order valence-corrected chi connectivity index (χ2v) is 5.28. The molecule has 2 heterocycles. The summed E-state index contributed by atoms with van der Waals surface area (Å²) in [5.41, 5.74) is 1.13. The molecule has 1 N–H and O–H groups in total. The average Bonchev–Trinajstić information content (AvgIpc) is 2.49. The fourth-order valence-corrected chi connectivity index (χ4v) is 2.56. The van der Waals surface area contributed by atoms with E-state index in [1.54, 1.807) is 13.3 Å². The Morgan fingerprint density at radius 2 is 2.25 bits per heavy atom. The van der Waals surface area contributed by atoms with Gasteiger partial charge in [-0.2, -0.15) is 4.98 Å². The van der Waals surface area contributed by atoms with Gasteiger partial charge in [-0.3, -0.25) is 0 Å². The maximum Gasteiger partial charge on any atom is 0.232 e. The Morgan fingerprint density at radius 3 is 3.10 bits per heavy atom. The van der Waals surface area contributed by atoms with Crippen molar-refractivity contribution in [3.05, 3.63) is 40.5 Å². The lowest BCUT2D eigenvalue weighted by Gasteiger charge is -2.26. The fourth-order valence-electron chi connectivity index (χ4n) is 2.21. The molecule has 0 bridgehead atoms. The Bertz CT molecular complexity index is 621. The van der Waals surface area contributed by atoms with E-state index in [0.29, 0.717) is 18.4 Å². The van der Waals surface area contributed by atoms with E-state index in [4.69, 9.17) is 9.47 Å².